The van der Waals surface area contributed by atoms with E-state index in [-0.39, 0.29) is 10.6 Å². The van der Waals surface area contributed by atoms with E-state index in [1.54, 1.807) is 24.3 Å². The third-order valence-corrected chi connectivity index (χ3v) is 7.96. The van der Waals surface area contributed by atoms with Crippen LogP contribution in [0.3, 0.4) is 0 Å². The Morgan fingerprint density at radius 2 is 1.81 bits per heavy atom. The molecule has 0 unspecified atom stereocenters. The summed E-state index contributed by atoms with van der Waals surface area (Å²) in [5.74, 6) is 0.461. The normalized spacial score (nSPS) is 12.2. The lowest BCUT2D eigenvalue weighted by molar-refractivity contribution is -0.117. The van der Waals surface area contributed by atoms with Crippen LogP contribution < -0.4 is 19.5 Å². The zero-order valence-corrected chi connectivity index (χ0v) is 20.0. The zero-order valence-electron chi connectivity index (χ0n) is 16.8. The maximum atomic E-state index is 13.1. The van der Waals surface area contributed by atoms with Crippen LogP contribution in [0.15, 0.2) is 68.7 Å². The number of thiophene rings is 1. The Labute approximate surface area is 193 Å². The van der Waals surface area contributed by atoms with Crippen molar-refractivity contribution in [1.29, 1.82) is 0 Å². The van der Waals surface area contributed by atoms with E-state index in [2.05, 4.69) is 26.0 Å². The Balaban J connectivity index is 1.88. The summed E-state index contributed by atoms with van der Waals surface area (Å²) in [5.41, 5.74) is 1.23. The number of anilines is 1. The summed E-state index contributed by atoms with van der Waals surface area (Å²) >= 11 is 4.34. The number of rotatable bonds is 9. The van der Waals surface area contributed by atoms with Crippen molar-refractivity contribution < 1.29 is 22.7 Å². The summed E-state index contributed by atoms with van der Waals surface area (Å²) in [6, 6.07) is 16.2. The molecule has 1 atom stereocenters. The average molecular weight is 525 g/mol. The molecule has 10 heteroatoms. The van der Waals surface area contributed by atoms with E-state index in [1.165, 1.54) is 20.3 Å². The van der Waals surface area contributed by atoms with Crippen molar-refractivity contribution in [3.63, 3.8) is 0 Å². The number of carbonyl (C=O) groups excluding carboxylic acids is 1. The van der Waals surface area contributed by atoms with Crippen molar-refractivity contribution in [2.24, 2.45) is 0 Å². The predicted molar refractivity (Wildman–Crippen MR) is 124 cm³/mol. The molecule has 2 N–H and O–H groups in total. The van der Waals surface area contributed by atoms with Crippen LogP contribution in [0.5, 0.6) is 11.5 Å². The van der Waals surface area contributed by atoms with E-state index in [0.29, 0.717) is 21.0 Å². The van der Waals surface area contributed by atoms with Crippen molar-refractivity contribution in [1.82, 2.24) is 4.72 Å². The molecule has 31 heavy (non-hydrogen) atoms. The number of hydrogen-bond donors (Lipinski definition) is 2. The molecule has 1 amide bonds. The monoisotopic (exact) mass is 524 g/mol. The molecule has 164 valence electrons. The minimum absolute atomic E-state index is 0.118. The van der Waals surface area contributed by atoms with Gasteiger partial charge in [0.1, 0.15) is 21.8 Å². The van der Waals surface area contributed by atoms with Crippen molar-refractivity contribution in [3.8, 4) is 11.5 Å². The molecule has 0 bridgehead atoms. The minimum Gasteiger partial charge on any atom is -0.497 e. The summed E-state index contributed by atoms with van der Waals surface area (Å²) in [5, 5.41) is 2.76. The third kappa shape index (κ3) is 6.07. The molecular weight excluding hydrogens is 504 g/mol. The molecule has 2 aromatic carbocycles. The number of carbonyl (C=O) groups is 1. The number of nitrogens with one attached hydrogen (secondary N) is 2. The van der Waals surface area contributed by atoms with Gasteiger partial charge in [-0.3, -0.25) is 4.79 Å². The molecule has 0 aliphatic rings. The van der Waals surface area contributed by atoms with Crippen LogP contribution in [-0.2, 0) is 21.2 Å². The number of methoxy groups -OCH3 is 2. The SMILES string of the molecule is COc1ccc(NC(=O)[C@@H](Cc2ccccc2)NS(=O)(=O)c2ccc(Br)s2)c(OC)c1. The van der Waals surface area contributed by atoms with Gasteiger partial charge in [-0.15, -0.1) is 11.3 Å². The molecule has 3 rings (SSSR count). The first-order valence-corrected chi connectivity index (χ1v) is 12.3. The number of hydrogen-bond acceptors (Lipinski definition) is 6. The first-order chi connectivity index (χ1) is 14.8. The van der Waals surface area contributed by atoms with Gasteiger partial charge in [-0.1, -0.05) is 30.3 Å². The Hall–Kier alpha value is -2.40. The molecule has 0 spiro atoms. The molecule has 0 radical (unpaired) electrons. The maximum Gasteiger partial charge on any atom is 0.250 e. The highest BCUT2D eigenvalue weighted by molar-refractivity contribution is 9.11. The molecule has 0 saturated heterocycles. The first-order valence-electron chi connectivity index (χ1n) is 9.17. The first kappa shape index (κ1) is 23.3. The summed E-state index contributed by atoms with van der Waals surface area (Å²) in [4.78, 5) is 13.1. The van der Waals surface area contributed by atoms with E-state index >= 15 is 0 Å². The van der Waals surface area contributed by atoms with Gasteiger partial charge in [0.25, 0.3) is 10.0 Å². The Morgan fingerprint density at radius 3 is 2.42 bits per heavy atom. The average Bonchev–Trinajstić information content (AvgIpc) is 3.21. The standard InChI is InChI=1S/C21H21BrN2O5S2/c1-28-15-8-9-16(18(13-15)29-2)23-21(25)17(12-14-6-4-3-5-7-14)24-31(26,27)20-11-10-19(22)30-20/h3-11,13,17,24H,12H2,1-2H3,(H,23,25)/t17-/m1/s1. The van der Waals surface area contributed by atoms with Gasteiger partial charge in [-0.25, -0.2) is 8.42 Å². The number of halogens is 1. The highest BCUT2D eigenvalue weighted by Gasteiger charge is 2.28. The second-order valence-electron chi connectivity index (χ2n) is 6.48. The summed E-state index contributed by atoms with van der Waals surface area (Å²) in [7, 11) is -0.892. The molecular formula is C21H21BrN2O5S2. The van der Waals surface area contributed by atoms with E-state index in [1.807, 2.05) is 30.3 Å². The lowest BCUT2D eigenvalue weighted by atomic mass is 10.1. The van der Waals surface area contributed by atoms with Crippen LogP contribution in [-0.4, -0.2) is 34.6 Å². The summed E-state index contributed by atoms with van der Waals surface area (Å²) in [6.45, 7) is 0. The lowest BCUT2D eigenvalue weighted by Gasteiger charge is -2.19. The molecule has 1 aromatic heterocycles. The second kappa shape index (κ2) is 10.3. The molecule has 0 aliphatic heterocycles. The topological polar surface area (TPSA) is 93.7 Å². The van der Waals surface area contributed by atoms with Gasteiger partial charge in [0.15, 0.2) is 0 Å². The maximum absolute atomic E-state index is 13.1. The lowest BCUT2D eigenvalue weighted by Crippen LogP contribution is -2.45. The van der Waals surface area contributed by atoms with E-state index in [0.717, 1.165) is 16.9 Å². The van der Waals surface area contributed by atoms with E-state index < -0.39 is 22.0 Å². The van der Waals surface area contributed by atoms with Crippen LogP contribution in [0.4, 0.5) is 5.69 Å². The zero-order chi connectivity index (χ0) is 22.4. The van der Waals surface area contributed by atoms with Gasteiger partial charge in [0.05, 0.1) is 23.7 Å². The molecule has 0 aliphatic carbocycles. The summed E-state index contributed by atoms with van der Waals surface area (Å²) in [6.07, 6.45) is 0.177. The van der Waals surface area contributed by atoms with Gasteiger partial charge < -0.3 is 14.8 Å². The number of ether oxygens (including phenoxy) is 2. The van der Waals surface area contributed by atoms with Gasteiger partial charge in [-0.05, 0) is 52.2 Å². The summed E-state index contributed by atoms with van der Waals surface area (Å²) < 4.78 is 39.6. The highest BCUT2D eigenvalue weighted by Crippen LogP contribution is 2.30. The molecule has 0 saturated carbocycles. The van der Waals surface area contributed by atoms with Crippen molar-refractivity contribution in [3.05, 3.63) is 70.0 Å². The van der Waals surface area contributed by atoms with Crippen LogP contribution in [0.1, 0.15) is 5.56 Å². The number of benzene rings is 2. The minimum atomic E-state index is -3.90. The Kier molecular flexibility index (Phi) is 7.71. The van der Waals surface area contributed by atoms with Gasteiger partial charge >= 0.3 is 0 Å². The van der Waals surface area contributed by atoms with E-state index in [9.17, 15) is 13.2 Å². The van der Waals surface area contributed by atoms with Crippen molar-refractivity contribution in [2.45, 2.75) is 16.7 Å². The third-order valence-electron chi connectivity index (χ3n) is 4.38. The fourth-order valence-corrected chi connectivity index (χ4v) is 6.07. The Bertz CT molecular complexity index is 1150. The van der Waals surface area contributed by atoms with Gasteiger partial charge in [0, 0.05) is 6.07 Å². The fourth-order valence-electron chi connectivity index (χ4n) is 2.85. The predicted octanol–water partition coefficient (Wildman–Crippen LogP) is 4.06. The van der Waals surface area contributed by atoms with Gasteiger partial charge in [-0.2, -0.15) is 4.72 Å². The van der Waals surface area contributed by atoms with E-state index in [4.69, 9.17) is 9.47 Å². The largest absolute Gasteiger partial charge is 0.497 e. The second-order valence-corrected chi connectivity index (χ2v) is 10.9. The highest BCUT2D eigenvalue weighted by atomic mass is 79.9. The molecule has 0 fully saturated rings. The fraction of sp³-hybridized carbons (Fsp3) is 0.190. The quantitative estimate of drug-likeness (QED) is 0.440. The van der Waals surface area contributed by atoms with Gasteiger partial charge in [0.2, 0.25) is 5.91 Å². The van der Waals surface area contributed by atoms with Crippen LogP contribution in [0, 0.1) is 0 Å². The Morgan fingerprint density at radius 1 is 1.06 bits per heavy atom. The van der Waals surface area contributed by atoms with Crippen molar-refractivity contribution >= 4 is 48.9 Å². The molecule has 3 aromatic rings. The van der Waals surface area contributed by atoms with Crippen LogP contribution in [0.2, 0.25) is 0 Å². The van der Waals surface area contributed by atoms with Crippen LogP contribution >= 0.6 is 27.3 Å². The molecule has 1 heterocycles. The molecule has 7 nitrogen and oxygen atoms in total. The number of amides is 1. The van der Waals surface area contributed by atoms with Crippen molar-refractivity contribution in [2.75, 3.05) is 19.5 Å². The number of sulfonamides is 1. The van der Waals surface area contributed by atoms with Crippen LogP contribution in [0.25, 0.3) is 0 Å². The smallest absolute Gasteiger partial charge is 0.250 e.